The molecule has 0 saturated heterocycles. The van der Waals surface area contributed by atoms with Crippen molar-refractivity contribution in [3.8, 4) is 0 Å². The van der Waals surface area contributed by atoms with Crippen LogP contribution in [0.5, 0.6) is 0 Å². The summed E-state index contributed by atoms with van der Waals surface area (Å²) in [5.74, 6) is 1.51. The number of carbonyl (C=O) groups is 2. The SMILES string of the molecule is C=C(C)C(=O)OCCC1(C(=O)OC2(CCCC)C3CC4CC2CC(C)(C4)C3)CC1. The number of esters is 2. The summed E-state index contributed by atoms with van der Waals surface area (Å²) in [6, 6.07) is 0. The lowest BCUT2D eigenvalue weighted by Gasteiger charge is -2.64. The van der Waals surface area contributed by atoms with Crippen molar-refractivity contribution in [2.75, 3.05) is 6.61 Å². The molecule has 2 atom stereocenters. The first-order valence-electron chi connectivity index (χ1n) is 11.8. The van der Waals surface area contributed by atoms with E-state index in [4.69, 9.17) is 9.47 Å². The highest BCUT2D eigenvalue weighted by molar-refractivity contribution is 5.87. The zero-order valence-electron chi connectivity index (χ0n) is 18.6. The van der Waals surface area contributed by atoms with E-state index in [9.17, 15) is 9.59 Å². The zero-order valence-corrected chi connectivity index (χ0v) is 18.6. The summed E-state index contributed by atoms with van der Waals surface area (Å²) in [6.07, 6.45) is 11.9. The normalized spacial score (nSPS) is 38.5. The fraction of sp³-hybridized carbons (Fsp3) is 0.840. The molecular formula is C25H38O4. The fourth-order valence-electron chi connectivity index (χ4n) is 6.98. The highest BCUT2D eigenvalue weighted by Crippen LogP contribution is 2.66. The van der Waals surface area contributed by atoms with Gasteiger partial charge >= 0.3 is 11.9 Å². The summed E-state index contributed by atoms with van der Waals surface area (Å²) in [4.78, 5) is 25.1. The Bertz CT molecular complexity index is 673. The minimum atomic E-state index is -0.423. The molecule has 0 spiro atoms. The maximum atomic E-state index is 13.4. The van der Waals surface area contributed by atoms with Crippen molar-refractivity contribution in [2.45, 2.75) is 97.0 Å². The van der Waals surface area contributed by atoms with Gasteiger partial charge in [-0.25, -0.2) is 4.79 Å². The number of unbranched alkanes of at least 4 members (excludes halogenated alkanes) is 1. The van der Waals surface area contributed by atoms with Gasteiger partial charge in [0.15, 0.2) is 0 Å². The van der Waals surface area contributed by atoms with Crippen LogP contribution in [0.4, 0.5) is 0 Å². The molecule has 5 rings (SSSR count). The molecule has 0 aromatic rings. The average Bonchev–Trinajstić information content (AvgIpc) is 3.43. The van der Waals surface area contributed by atoms with Crippen LogP contribution in [0.1, 0.15) is 91.4 Å². The predicted molar refractivity (Wildman–Crippen MR) is 112 cm³/mol. The van der Waals surface area contributed by atoms with Crippen molar-refractivity contribution in [3.63, 3.8) is 0 Å². The molecular weight excluding hydrogens is 364 g/mol. The molecule has 0 amide bonds. The standard InChI is InChI=1S/C25H38O4/c1-5-6-7-25(19-12-18-13-20(25)16-23(4,14-18)15-19)29-22(27)24(8-9-24)10-11-28-21(26)17(2)3/h18-20H,2,5-16H2,1,3-4H3. The van der Waals surface area contributed by atoms with E-state index in [-0.39, 0.29) is 24.1 Å². The van der Waals surface area contributed by atoms with E-state index in [2.05, 4.69) is 20.4 Å². The highest BCUT2D eigenvalue weighted by Gasteiger charge is 2.64. The summed E-state index contributed by atoms with van der Waals surface area (Å²) < 4.78 is 11.9. The van der Waals surface area contributed by atoms with Crippen molar-refractivity contribution in [2.24, 2.45) is 28.6 Å². The van der Waals surface area contributed by atoms with E-state index in [0.717, 1.165) is 38.0 Å². The lowest BCUT2D eigenvalue weighted by molar-refractivity contribution is -0.230. The van der Waals surface area contributed by atoms with Crippen molar-refractivity contribution < 1.29 is 19.1 Å². The van der Waals surface area contributed by atoms with Gasteiger partial charge in [0, 0.05) is 5.57 Å². The second-order valence-electron chi connectivity index (χ2n) is 11.0. The molecule has 0 aliphatic heterocycles. The van der Waals surface area contributed by atoms with E-state index in [1.807, 2.05) is 0 Å². The van der Waals surface area contributed by atoms with Crippen LogP contribution in [0.15, 0.2) is 12.2 Å². The summed E-state index contributed by atoms with van der Waals surface area (Å²) in [5.41, 5.74) is 0.200. The Morgan fingerprint density at radius 2 is 1.72 bits per heavy atom. The van der Waals surface area contributed by atoms with Gasteiger partial charge in [0.05, 0.1) is 12.0 Å². The summed E-state index contributed by atoms with van der Waals surface area (Å²) in [5, 5.41) is 0. The fourth-order valence-corrected chi connectivity index (χ4v) is 6.98. The Morgan fingerprint density at radius 3 is 2.24 bits per heavy atom. The van der Waals surface area contributed by atoms with Crippen LogP contribution in [-0.2, 0) is 19.1 Å². The molecule has 4 bridgehead atoms. The third-order valence-corrected chi connectivity index (χ3v) is 8.53. The summed E-state index contributed by atoms with van der Waals surface area (Å²) in [7, 11) is 0. The van der Waals surface area contributed by atoms with Gasteiger partial charge in [0.25, 0.3) is 0 Å². The van der Waals surface area contributed by atoms with Gasteiger partial charge in [-0.15, -0.1) is 0 Å². The van der Waals surface area contributed by atoms with Crippen molar-refractivity contribution in [3.05, 3.63) is 12.2 Å². The number of ether oxygens (including phenoxy) is 2. The minimum absolute atomic E-state index is 0.0161. The third-order valence-electron chi connectivity index (χ3n) is 8.53. The lowest BCUT2D eigenvalue weighted by Crippen LogP contribution is -2.62. The Labute approximate surface area is 175 Å². The van der Waals surface area contributed by atoms with Gasteiger partial charge in [-0.05, 0) is 94.3 Å². The molecule has 4 nitrogen and oxygen atoms in total. The zero-order chi connectivity index (χ0) is 20.9. The molecule has 29 heavy (non-hydrogen) atoms. The van der Waals surface area contributed by atoms with Gasteiger partial charge in [-0.2, -0.15) is 0 Å². The van der Waals surface area contributed by atoms with Crippen LogP contribution in [0.3, 0.4) is 0 Å². The van der Waals surface area contributed by atoms with Gasteiger partial charge in [0.1, 0.15) is 5.60 Å². The van der Waals surface area contributed by atoms with Gasteiger partial charge in [0.2, 0.25) is 0 Å². The maximum absolute atomic E-state index is 13.4. The molecule has 2 unspecified atom stereocenters. The topological polar surface area (TPSA) is 52.6 Å². The molecule has 5 aliphatic carbocycles. The first-order chi connectivity index (χ1) is 13.7. The number of hydrogen-bond donors (Lipinski definition) is 0. The Hall–Kier alpha value is -1.32. The molecule has 5 fully saturated rings. The van der Waals surface area contributed by atoms with Gasteiger partial charge in [-0.3, -0.25) is 4.79 Å². The Balaban J connectivity index is 1.46. The van der Waals surface area contributed by atoms with Gasteiger partial charge in [-0.1, -0.05) is 26.8 Å². The van der Waals surface area contributed by atoms with Crippen LogP contribution in [0.25, 0.3) is 0 Å². The Morgan fingerprint density at radius 1 is 1.07 bits per heavy atom. The van der Waals surface area contributed by atoms with E-state index in [0.29, 0.717) is 29.2 Å². The average molecular weight is 403 g/mol. The highest BCUT2D eigenvalue weighted by atomic mass is 16.6. The number of hydrogen-bond acceptors (Lipinski definition) is 4. The molecule has 4 heteroatoms. The maximum Gasteiger partial charge on any atom is 0.333 e. The van der Waals surface area contributed by atoms with Crippen molar-refractivity contribution >= 4 is 11.9 Å². The van der Waals surface area contributed by atoms with Crippen LogP contribution in [-0.4, -0.2) is 24.1 Å². The second kappa shape index (κ2) is 7.42. The van der Waals surface area contributed by atoms with Crippen LogP contribution in [0.2, 0.25) is 0 Å². The van der Waals surface area contributed by atoms with Gasteiger partial charge < -0.3 is 9.47 Å². The molecule has 0 aromatic carbocycles. The lowest BCUT2D eigenvalue weighted by atomic mass is 9.44. The minimum Gasteiger partial charge on any atom is -0.462 e. The largest absolute Gasteiger partial charge is 0.462 e. The molecule has 0 heterocycles. The van der Waals surface area contributed by atoms with Crippen molar-refractivity contribution in [1.82, 2.24) is 0 Å². The summed E-state index contributed by atoms with van der Waals surface area (Å²) >= 11 is 0. The predicted octanol–water partition coefficient (Wildman–Crippen LogP) is 5.59. The van der Waals surface area contributed by atoms with E-state index >= 15 is 0 Å². The van der Waals surface area contributed by atoms with E-state index in [1.165, 1.54) is 32.1 Å². The van der Waals surface area contributed by atoms with Crippen LogP contribution in [0, 0.1) is 28.6 Å². The smallest absolute Gasteiger partial charge is 0.333 e. The first kappa shape index (κ1) is 20.9. The molecule has 5 aliphatic rings. The van der Waals surface area contributed by atoms with Crippen LogP contribution >= 0.6 is 0 Å². The number of rotatable bonds is 9. The van der Waals surface area contributed by atoms with Crippen molar-refractivity contribution in [1.29, 1.82) is 0 Å². The van der Waals surface area contributed by atoms with E-state index < -0.39 is 5.41 Å². The molecule has 162 valence electrons. The Kier molecular flexibility index (Phi) is 5.36. The molecule has 0 aromatic heterocycles. The number of carbonyl (C=O) groups excluding carboxylic acids is 2. The molecule has 5 saturated carbocycles. The monoisotopic (exact) mass is 402 g/mol. The molecule has 0 N–H and O–H groups in total. The summed E-state index contributed by atoms with van der Waals surface area (Å²) in [6.45, 7) is 10.2. The third kappa shape index (κ3) is 3.77. The van der Waals surface area contributed by atoms with Crippen LogP contribution < -0.4 is 0 Å². The molecule has 0 radical (unpaired) electrons. The van der Waals surface area contributed by atoms with E-state index in [1.54, 1.807) is 6.92 Å². The quantitative estimate of drug-likeness (QED) is 0.372. The first-order valence-corrected chi connectivity index (χ1v) is 11.8. The second-order valence-corrected chi connectivity index (χ2v) is 11.0.